The third-order valence-electron chi connectivity index (χ3n) is 4.81. The zero-order valence-electron chi connectivity index (χ0n) is 15.6. The Bertz CT molecular complexity index is 914. The molecule has 0 aliphatic carbocycles. The fraction of sp³-hybridized carbons (Fsp3) is 0.318. The first-order chi connectivity index (χ1) is 13.1. The van der Waals surface area contributed by atoms with Crippen molar-refractivity contribution in [2.75, 3.05) is 0 Å². The molecule has 27 heavy (non-hydrogen) atoms. The van der Waals surface area contributed by atoms with Gasteiger partial charge in [0.15, 0.2) is 0 Å². The van der Waals surface area contributed by atoms with Gasteiger partial charge in [-0.1, -0.05) is 69.0 Å². The molecule has 3 N–H and O–H groups in total. The highest BCUT2D eigenvalue weighted by Crippen LogP contribution is 2.26. The number of primary amides is 1. The maximum absolute atomic E-state index is 13.1. The predicted octanol–water partition coefficient (Wildman–Crippen LogP) is 3.94. The molecule has 0 bridgehead atoms. The molecule has 0 aliphatic heterocycles. The van der Waals surface area contributed by atoms with E-state index >= 15 is 0 Å². The van der Waals surface area contributed by atoms with Crippen LogP contribution in [0.1, 0.15) is 49.4 Å². The number of rotatable bonds is 8. The Morgan fingerprint density at radius 3 is 2.11 bits per heavy atom. The third-order valence-corrected chi connectivity index (χ3v) is 4.81. The fourth-order valence-electron chi connectivity index (χ4n) is 3.38. The lowest BCUT2D eigenvalue weighted by Gasteiger charge is -2.17. The second-order valence-electron chi connectivity index (χ2n) is 6.80. The molecule has 2 amide bonds. The van der Waals surface area contributed by atoms with Crippen molar-refractivity contribution in [2.24, 2.45) is 5.73 Å². The van der Waals surface area contributed by atoms with Crippen LogP contribution in [0.4, 0.5) is 0 Å². The lowest BCUT2D eigenvalue weighted by Crippen LogP contribution is -2.44. The van der Waals surface area contributed by atoms with E-state index < -0.39 is 11.9 Å². The Kier molecular flexibility index (Phi) is 6.01. The standard InChI is InChI=1S/C22H25N3O2/c1-2-3-4-5-14-19(21(23)26)25-22(27)20-15-10-6-8-12-17(15)24-18-13-9-7-11-16(18)20/h6-13,19H,2-5,14H2,1H3,(H2,23,26)(H,25,27)/t19-/m0/s1. The Hall–Kier alpha value is -2.95. The molecule has 3 aromatic rings. The summed E-state index contributed by atoms with van der Waals surface area (Å²) in [5.41, 5.74) is 7.57. The van der Waals surface area contributed by atoms with Crippen LogP contribution in [-0.2, 0) is 4.79 Å². The number of hydrogen-bond acceptors (Lipinski definition) is 3. The number of carbonyl (C=O) groups is 2. The van der Waals surface area contributed by atoms with Crippen LogP contribution in [0.5, 0.6) is 0 Å². The molecule has 1 atom stereocenters. The van der Waals surface area contributed by atoms with Gasteiger partial charge in [0.2, 0.25) is 5.91 Å². The summed E-state index contributed by atoms with van der Waals surface area (Å²) in [5.74, 6) is -0.786. The van der Waals surface area contributed by atoms with Crippen molar-refractivity contribution in [1.82, 2.24) is 10.3 Å². The van der Waals surface area contributed by atoms with Gasteiger partial charge >= 0.3 is 0 Å². The van der Waals surface area contributed by atoms with Crippen LogP contribution in [0.15, 0.2) is 48.5 Å². The summed E-state index contributed by atoms with van der Waals surface area (Å²) in [6, 6.07) is 14.4. The number of nitrogens with two attached hydrogens (primary N) is 1. The second kappa shape index (κ2) is 8.62. The van der Waals surface area contributed by atoms with E-state index in [1.165, 1.54) is 0 Å². The van der Waals surface area contributed by atoms with E-state index in [1.54, 1.807) is 0 Å². The molecule has 5 heteroatoms. The minimum atomic E-state index is -0.667. The maximum Gasteiger partial charge on any atom is 0.253 e. The van der Waals surface area contributed by atoms with Gasteiger partial charge in [0.25, 0.3) is 5.91 Å². The topological polar surface area (TPSA) is 85.1 Å². The van der Waals surface area contributed by atoms with Crippen molar-refractivity contribution in [2.45, 2.75) is 45.1 Å². The van der Waals surface area contributed by atoms with E-state index in [-0.39, 0.29) is 5.91 Å². The molecular formula is C22H25N3O2. The number of pyridine rings is 1. The first-order valence-corrected chi connectivity index (χ1v) is 9.49. The molecule has 0 aliphatic rings. The van der Waals surface area contributed by atoms with Gasteiger partial charge in [-0.05, 0) is 18.6 Å². The minimum Gasteiger partial charge on any atom is -0.368 e. The molecule has 0 saturated heterocycles. The number of fused-ring (bicyclic) bond motifs is 2. The fourth-order valence-corrected chi connectivity index (χ4v) is 3.38. The summed E-state index contributed by atoms with van der Waals surface area (Å²) < 4.78 is 0. The van der Waals surface area contributed by atoms with Crippen LogP contribution in [0.3, 0.4) is 0 Å². The Morgan fingerprint density at radius 1 is 0.963 bits per heavy atom. The molecular weight excluding hydrogens is 338 g/mol. The molecule has 1 heterocycles. The minimum absolute atomic E-state index is 0.288. The number of aromatic nitrogens is 1. The van der Waals surface area contributed by atoms with Gasteiger partial charge in [-0.2, -0.15) is 0 Å². The average Bonchev–Trinajstić information content (AvgIpc) is 2.68. The molecule has 5 nitrogen and oxygen atoms in total. The smallest absolute Gasteiger partial charge is 0.253 e. The van der Waals surface area contributed by atoms with Crippen molar-refractivity contribution in [3.63, 3.8) is 0 Å². The number of amides is 2. The quantitative estimate of drug-likeness (QED) is 0.469. The first-order valence-electron chi connectivity index (χ1n) is 9.49. The molecule has 140 valence electrons. The summed E-state index contributed by atoms with van der Waals surface area (Å²) in [7, 11) is 0. The summed E-state index contributed by atoms with van der Waals surface area (Å²) in [6.45, 7) is 2.13. The highest BCUT2D eigenvalue weighted by molar-refractivity contribution is 6.16. The largest absolute Gasteiger partial charge is 0.368 e. The monoisotopic (exact) mass is 363 g/mol. The molecule has 0 saturated carbocycles. The highest BCUT2D eigenvalue weighted by atomic mass is 16.2. The summed E-state index contributed by atoms with van der Waals surface area (Å²) >= 11 is 0. The van der Waals surface area contributed by atoms with Crippen molar-refractivity contribution >= 4 is 33.6 Å². The number of para-hydroxylation sites is 2. The van der Waals surface area contributed by atoms with Gasteiger partial charge in [0.1, 0.15) is 6.04 Å². The number of nitrogens with one attached hydrogen (secondary N) is 1. The Labute approximate surface area is 159 Å². The van der Waals surface area contributed by atoms with Crippen molar-refractivity contribution in [3.8, 4) is 0 Å². The van der Waals surface area contributed by atoms with Gasteiger partial charge in [-0.15, -0.1) is 0 Å². The zero-order valence-corrected chi connectivity index (χ0v) is 15.6. The SMILES string of the molecule is CCCCCC[C@H](NC(=O)c1c2ccccc2nc2ccccc12)C(N)=O. The number of nitrogens with zero attached hydrogens (tertiary/aromatic N) is 1. The molecule has 0 radical (unpaired) electrons. The molecule has 1 aromatic heterocycles. The van der Waals surface area contributed by atoms with Gasteiger partial charge in [-0.3, -0.25) is 9.59 Å². The summed E-state index contributed by atoms with van der Waals surface area (Å²) in [5, 5.41) is 4.39. The van der Waals surface area contributed by atoms with Gasteiger partial charge < -0.3 is 11.1 Å². The lowest BCUT2D eigenvalue weighted by molar-refractivity contribution is -0.120. The highest BCUT2D eigenvalue weighted by Gasteiger charge is 2.22. The predicted molar refractivity (Wildman–Crippen MR) is 108 cm³/mol. The van der Waals surface area contributed by atoms with Crippen LogP contribution in [-0.4, -0.2) is 22.8 Å². The van der Waals surface area contributed by atoms with E-state index in [4.69, 9.17) is 5.73 Å². The van der Waals surface area contributed by atoms with Crippen LogP contribution in [0.2, 0.25) is 0 Å². The summed E-state index contributed by atoms with van der Waals surface area (Å²) in [4.78, 5) is 29.6. The van der Waals surface area contributed by atoms with E-state index in [1.807, 2.05) is 48.5 Å². The van der Waals surface area contributed by atoms with E-state index in [0.717, 1.165) is 47.5 Å². The van der Waals surface area contributed by atoms with Gasteiger partial charge in [-0.25, -0.2) is 4.98 Å². The molecule has 0 fully saturated rings. The van der Waals surface area contributed by atoms with Crippen molar-refractivity contribution < 1.29 is 9.59 Å². The van der Waals surface area contributed by atoms with Crippen LogP contribution < -0.4 is 11.1 Å². The maximum atomic E-state index is 13.1. The van der Waals surface area contributed by atoms with Crippen LogP contribution in [0.25, 0.3) is 21.8 Å². The van der Waals surface area contributed by atoms with E-state index in [9.17, 15) is 9.59 Å². The molecule has 3 rings (SSSR count). The second-order valence-corrected chi connectivity index (χ2v) is 6.80. The summed E-state index contributed by atoms with van der Waals surface area (Å²) in [6.07, 6.45) is 4.67. The van der Waals surface area contributed by atoms with Crippen molar-refractivity contribution in [1.29, 1.82) is 0 Å². The Balaban J connectivity index is 1.94. The number of hydrogen-bond donors (Lipinski definition) is 2. The Morgan fingerprint density at radius 2 is 1.56 bits per heavy atom. The number of benzene rings is 2. The van der Waals surface area contributed by atoms with Crippen LogP contribution in [0, 0.1) is 0 Å². The normalized spacial score (nSPS) is 12.2. The van der Waals surface area contributed by atoms with Crippen molar-refractivity contribution in [3.05, 3.63) is 54.1 Å². The molecule has 2 aromatic carbocycles. The molecule has 0 unspecified atom stereocenters. The zero-order chi connectivity index (χ0) is 19.2. The molecule has 0 spiro atoms. The lowest BCUT2D eigenvalue weighted by atomic mass is 10.0. The van der Waals surface area contributed by atoms with E-state index in [0.29, 0.717) is 12.0 Å². The number of unbranched alkanes of at least 4 members (excludes halogenated alkanes) is 3. The van der Waals surface area contributed by atoms with Gasteiger partial charge in [0, 0.05) is 10.8 Å². The average molecular weight is 363 g/mol. The van der Waals surface area contributed by atoms with Gasteiger partial charge in [0.05, 0.1) is 16.6 Å². The van der Waals surface area contributed by atoms with E-state index in [2.05, 4.69) is 17.2 Å². The third kappa shape index (κ3) is 4.25. The number of carbonyl (C=O) groups excluding carboxylic acids is 2. The first kappa shape index (κ1) is 18.8. The van der Waals surface area contributed by atoms with Crippen LogP contribution >= 0.6 is 0 Å².